The fourth-order valence-electron chi connectivity index (χ4n) is 2.58. The van der Waals surface area contributed by atoms with Crippen LogP contribution in [0.15, 0.2) is 0 Å². The van der Waals surface area contributed by atoms with Crippen molar-refractivity contribution in [1.29, 1.82) is 0 Å². The van der Waals surface area contributed by atoms with Crippen molar-refractivity contribution in [3.8, 4) is 0 Å². The van der Waals surface area contributed by atoms with Crippen LogP contribution in [0.2, 0.25) is 0 Å². The molecule has 1 heterocycles. The first-order valence-electron chi connectivity index (χ1n) is 6.54. The molecule has 2 rings (SSSR count). The molecule has 1 N–H and O–H groups in total. The van der Waals surface area contributed by atoms with Gasteiger partial charge in [0.15, 0.2) is 0 Å². The molecule has 1 amide bonds. The molecule has 4 nitrogen and oxygen atoms in total. The third-order valence-corrected chi connectivity index (χ3v) is 3.45. The van der Waals surface area contributed by atoms with Crippen LogP contribution in [0, 0.1) is 0 Å². The monoisotopic (exact) mass is 241 g/mol. The van der Waals surface area contributed by atoms with E-state index in [1.807, 2.05) is 20.8 Å². The van der Waals surface area contributed by atoms with Crippen LogP contribution in [0.3, 0.4) is 0 Å². The number of alkyl carbamates (subject to hydrolysis) is 1. The van der Waals surface area contributed by atoms with Gasteiger partial charge in [-0.25, -0.2) is 4.79 Å². The summed E-state index contributed by atoms with van der Waals surface area (Å²) < 4.78 is 10.7. The topological polar surface area (TPSA) is 50.9 Å². The maximum absolute atomic E-state index is 11.9. The van der Waals surface area contributed by atoms with E-state index in [1.165, 1.54) is 6.42 Å². The van der Waals surface area contributed by atoms with E-state index in [1.54, 1.807) is 0 Å². The van der Waals surface area contributed by atoms with Gasteiger partial charge in [-0.1, -0.05) is 19.3 Å². The second-order valence-electron chi connectivity index (χ2n) is 6.17. The number of hydrogen-bond acceptors (Lipinski definition) is 3. The first kappa shape index (κ1) is 12.7. The normalized spacial score (nSPS) is 27.4. The smallest absolute Gasteiger partial charge is 0.408 e. The van der Waals surface area contributed by atoms with Crippen molar-refractivity contribution in [3.05, 3.63) is 0 Å². The van der Waals surface area contributed by atoms with E-state index in [-0.39, 0.29) is 17.7 Å². The molecule has 2 aliphatic rings. The lowest BCUT2D eigenvalue weighted by Gasteiger charge is -2.37. The minimum atomic E-state index is -0.440. The highest BCUT2D eigenvalue weighted by atomic mass is 16.6. The van der Waals surface area contributed by atoms with Crippen LogP contribution in [0.25, 0.3) is 0 Å². The van der Waals surface area contributed by atoms with Crippen molar-refractivity contribution in [2.75, 3.05) is 6.61 Å². The maximum Gasteiger partial charge on any atom is 0.408 e. The zero-order valence-corrected chi connectivity index (χ0v) is 11.0. The van der Waals surface area contributed by atoms with Crippen LogP contribution in [0.4, 0.5) is 4.79 Å². The summed E-state index contributed by atoms with van der Waals surface area (Å²) in [5.74, 6) is 0. The summed E-state index contributed by atoms with van der Waals surface area (Å²) in [5, 5.41) is 3.06. The van der Waals surface area contributed by atoms with Gasteiger partial charge in [-0.15, -0.1) is 0 Å². The molecule has 0 radical (unpaired) electrons. The van der Waals surface area contributed by atoms with E-state index in [0.29, 0.717) is 0 Å². The number of hydrogen-bond donors (Lipinski definition) is 1. The molecule has 0 unspecified atom stereocenters. The Labute approximate surface area is 103 Å². The van der Waals surface area contributed by atoms with Crippen molar-refractivity contribution >= 4 is 6.09 Å². The van der Waals surface area contributed by atoms with E-state index in [9.17, 15) is 4.79 Å². The van der Waals surface area contributed by atoms with Crippen molar-refractivity contribution in [1.82, 2.24) is 5.32 Å². The summed E-state index contributed by atoms with van der Waals surface area (Å²) in [6.45, 7) is 6.42. The lowest BCUT2D eigenvalue weighted by atomic mass is 9.79. The molecule has 0 aromatic carbocycles. The van der Waals surface area contributed by atoms with Gasteiger partial charge in [0.05, 0.1) is 12.1 Å². The molecule has 1 saturated carbocycles. The number of ether oxygens (including phenoxy) is 2. The van der Waals surface area contributed by atoms with Crippen molar-refractivity contribution in [3.63, 3.8) is 0 Å². The Bertz CT molecular complexity index is 286. The van der Waals surface area contributed by atoms with Gasteiger partial charge in [-0.3, -0.25) is 0 Å². The predicted molar refractivity (Wildman–Crippen MR) is 64.9 cm³/mol. The summed E-state index contributed by atoms with van der Waals surface area (Å²) in [6.07, 6.45) is 5.49. The van der Waals surface area contributed by atoms with Gasteiger partial charge in [0, 0.05) is 0 Å². The van der Waals surface area contributed by atoms with E-state index in [4.69, 9.17) is 9.47 Å². The third-order valence-electron chi connectivity index (χ3n) is 3.45. The quantitative estimate of drug-likeness (QED) is 0.756. The van der Waals surface area contributed by atoms with Gasteiger partial charge in [0.2, 0.25) is 0 Å². The third kappa shape index (κ3) is 3.35. The van der Waals surface area contributed by atoms with E-state index >= 15 is 0 Å². The first-order chi connectivity index (χ1) is 7.91. The minimum absolute atomic E-state index is 0.166. The fraction of sp³-hybridized carbons (Fsp3) is 0.923. The van der Waals surface area contributed by atoms with Crippen LogP contribution >= 0.6 is 0 Å². The first-order valence-corrected chi connectivity index (χ1v) is 6.54. The Morgan fingerprint density at radius 3 is 2.35 bits per heavy atom. The summed E-state index contributed by atoms with van der Waals surface area (Å²) >= 11 is 0. The van der Waals surface area contributed by atoms with Crippen molar-refractivity contribution in [2.24, 2.45) is 0 Å². The molecule has 0 aromatic heterocycles. The van der Waals surface area contributed by atoms with Crippen LogP contribution in [-0.4, -0.2) is 29.9 Å². The molecule has 0 spiro atoms. The van der Waals surface area contributed by atoms with Gasteiger partial charge < -0.3 is 14.8 Å². The molecule has 0 bridgehead atoms. The van der Waals surface area contributed by atoms with E-state index in [2.05, 4.69) is 5.32 Å². The van der Waals surface area contributed by atoms with Gasteiger partial charge in [0.25, 0.3) is 0 Å². The van der Waals surface area contributed by atoms with Crippen molar-refractivity contribution in [2.45, 2.75) is 70.1 Å². The molecule has 1 saturated heterocycles. The summed E-state index contributed by atoms with van der Waals surface area (Å²) in [6, 6.07) is 0. The number of carbonyl (C=O) groups excluding carboxylic acids is 1. The molecule has 98 valence electrons. The Hall–Kier alpha value is -0.770. The highest BCUT2D eigenvalue weighted by Gasteiger charge is 2.48. The molecule has 4 heteroatoms. The van der Waals surface area contributed by atoms with Crippen LogP contribution in [0.5, 0.6) is 0 Å². The summed E-state index contributed by atoms with van der Waals surface area (Å²) in [7, 11) is 0. The van der Waals surface area contributed by atoms with Crippen LogP contribution < -0.4 is 5.32 Å². The van der Waals surface area contributed by atoms with E-state index < -0.39 is 5.60 Å². The van der Waals surface area contributed by atoms with Gasteiger partial charge in [-0.2, -0.15) is 0 Å². The Kier molecular flexibility index (Phi) is 3.34. The number of carbonyl (C=O) groups is 1. The van der Waals surface area contributed by atoms with Crippen LogP contribution in [-0.2, 0) is 9.47 Å². The van der Waals surface area contributed by atoms with Gasteiger partial charge >= 0.3 is 6.09 Å². The predicted octanol–water partition coefficient (Wildman–Crippen LogP) is 2.61. The van der Waals surface area contributed by atoms with E-state index in [0.717, 1.165) is 32.3 Å². The number of epoxide rings is 1. The molecule has 17 heavy (non-hydrogen) atoms. The minimum Gasteiger partial charge on any atom is -0.444 e. The molecule has 1 atom stereocenters. The summed E-state index contributed by atoms with van der Waals surface area (Å²) in [4.78, 5) is 11.9. The molecule has 1 aliphatic heterocycles. The molecular formula is C13H23NO3. The zero-order valence-electron chi connectivity index (χ0n) is 11.0. The highest BCUT2D eigenvalue weighted by Crippen LogP contribution is 2.37. The number of nitrogens with one attached hydrogen (secondary N) is 1. The Balaban J connectivity index is 1.95. The second-order valence-corrected chi connectivity index (χ2v) is 6.17. The Morgan fingerprint density at radius 2 is 1.88 bits per heavy atom. The van der Waals surface area contributed by atoms with Crippen molar-refractivity contribution < 1.29 is 14.3 Å². The number of amides is 1. The number of rotatable bonds is 2. The lowest BCUT2D eigenvalue weighted by molar-refractivity contribution is 0.0392. The SMILES string of the molecule is CC(C)(C)OC(=O)NC1([C@@H]2CO2)CCCCC1. The lowest BCUT2D eigenvalue weighted by Crippen LogP contribution is -2.55. The standard InChI is InChI=1S/C13H23NO3/c1-12(2,3)17-11(15)14-13(10-9-16-10)7-5-4-6-8-13/h10H,4-9H2,1-3H3,(H,14,15)/t10-/m0/s1. The van der Waals surface area contributed by atoms with Gasteiger partial charge in [0.1, 0.15) is 11.7 Å². The average molecular weight is 241 g/mol. The Morgan fingerprint density at radius 1 is 1.29 bits per heavy atom. The molecule has 2 fully saturated rings. The molecular weight excluding hydrogens is 218 g/mol. The highest BCUT2D eigenvalue weighted by molar-refractivity contribution is 5.69. The maximum atomic E-state index is 11.9. The molecule has 0 aromatic rings. The largest absolute Gasteiger partial charge is 0.444 e. The average Bonchev–Trinajstić information content (AvgIpc) is 2.98. The van der Waals surface area contributed by atoms with Gasteiger partial charge in [-0.05, 0) is 33.6 Å². The molecule has 1 aliphatic carbocycles. The fourth-order valence-corrected chi connectivity index (χ4v) is 2.58. The second kappa shape index (κ2) is 4.48. The van der Waals surface area contributed by atoms with Crippen LogP contribution in [0.1, 0.15) is 52.9 Å². The zero-order chi connectivity index (χ0) is 12.5. The summed E-state index contributed by atoms with van der Waals surface area (Å²) in [5.41, 5.74) is -0.606.